The molecule has 1 unspecified atom stereocenters. The van der Waals surface area contributed by atoms with Gasteiger partial charge in [-0.1, -0.05) is 43.7 Å². The molecular formula is C12H16N2O2S. The summed E-state index contributed by atoms with van der Waals surface area (Å²) in [6.07, 6.45) is 1.32. The molecule has 1 rings (SSSR count). The van der Waals surface area contributed by atoms with Gasteiger partial charge in [-0.3, -0.25) is 0 Å². The van der Waals surface area contributed by atoms with Gasteiger partial charge in [0.25, 0.3) is 0 Å². The molecule has 0 aliphatic carbocycles. The molecule has 0 bridgehead atoms. The van der Waals surface area contributed by atoms with Crippen molar-refractivity contribution >= 4 is 10.0 Å². The number of rotatable bonds is 6. The van der Waals surface area contributed by atoms with Gasteiger partial charge in [0.15, 0.2) is 0 Å². The second-order valence-electron chi connectivity index (χ2n) is 3.71. The number of sulfonamides is 1. The van der Waals surface area contributed by atoms with Crippen molar-refractivity contribution in [2.24, 2.45) is 0 Å². The minimum absolute atomic E-state index is 0.185. The second kappa shape index (κ2) is 6.38. The highest BCUT2D eigenvalue weighted by atomic mass is 32.2. The lowest BCUT2D eigenvalue weighted by molar-refractivity contribution is 0.563. The minimum atomic E-state index is -3.47. The maximum atomic E-state index is 12.0. The van der Waals surface area contributed by atoms with E-state index in [1.165, 1.54) is 0 Å². The molecule has 4 nitrogen and oxygen atoms in total. The van der Waals surface area contributed by atoms with E-state index in [4.69, 9.17) is 5.26 Å². The highest BCUT2D eigenvalue weighted by molar-refractivity contribution is 7.89. The maximum absolute atomic E-state index is 12.0. The number of benzene rings is 1. The Labute approximate surface area is 102 Å². The Kier molecular flexibility index (Phi) is 5.13. The minimum Gasteiger partial charge on any atom is -0.212 e. The van der Waals surface area contributed by atoms with Crippen LogP contribution in [0.4, 0.5) is 0 Å². The van der Waals surface area contributed by atoms with Gasteiger partial charge >= 0.3 is 0 Å². The van der Waals surface area contributed by atoms with Crippen LogP contribution in [-0.2, 0) is 10.0 Å². The molecule has 0 saturated carbocycles. The van der Waals surface area contributed by atoms with Gasteiger partial charge in [-0.05, 0) is 12.0 Å². The third-order valence-electron chi connectivity index (χ3n) is 2.45. The number of hydrogen-bond donors (Lipinski definition) is 1. The first-order valence-electron chi connectivity index (χ1n) is 5.52. The normalized spacial score (nSPS) is 12.9. The van der Waals surface area contributed by atoms with Crippen molar-refractivity contribution in [1.29, 1.82) is 5.26 Å². The van der Waals surface area contributed by atoms with E-state index in [9.17, 15) is 8.42 Å². The smallest absolute Gasteiger partial charge is 0.212 e. The third kappa shape index (κ3) is 3.84. The molecule has 0 saturated heterocycles. The van der Waals surface area contributed by atoms with Crippen molar-refractivity contribution in [3.8, 4) is 6.07 Å². The Morgan fingerprint density at radius 2 is 2.00 bits per heavy atom. The summed E-state index contributed by atoms with van der Waals surface area (Å²) in [4.78, 5) is 0. The van der Waals surface area contributed by atoms with E-state index in [-0.39, 0.29) is 6.54 Å². The summed E-state index contributed by atoms with van der Waals surface area (Å²) in [5.41, 5.74) is 0.764. The number of hydrogen-bond acceptors (Lipinski definition) is 3. The molecule has 0 amide bonds. The average molecular weight is 252 g/mol. The van der Waals surface area contributed by atoms with E-state index in [0.29, 0.717) is 6.42 Å². The lowest BCUT2D eigenvalue weighted by Crippen LogP contribution is -2.29. The molecule has 1 atom stereocenters. The quantitative estimate of drug-likeness (QED) is 0.787. The van der Waals surface area contributed by atoms with Crippen molar-refractivity contribution in [2.75, 3.05) is 6.54 Å². The second-order valence-corrected chi connectivity index (χ2v) is 5.66. The van der Waals surface area contributed by atoms with Crippen LogP contribution in [0, 0.1) is 11.3 Å². The van der Waals surface area contributed by atoms with Gasteiger partial charge < -0.3 is 0 Å². The average Bonchev–Trinajstić information content (AvgIpc) is 2.34. The van der Waals surface area contributed by atoms with Gasteiger partial charge in [-0.25, -0.2) is 13.1 Å². The van der Waals surface area contributed by atoms with Gasteiger partial charge in [0.2, 0.25) is 10.0 Å². The number of nitriles is 1. The summed E-state index contributed by atoms with van der Waals surface area (Å²) in [6, 6.07) is 10.9. The molecule has 0 aliphatic heterocycles. The Balaban J connectivity index is 2.98. The molecular weight excluding hydrogens is 236 g/mol. The zero-order valence-corrected chi connectivity index (χ0v) is 10.6. The van der Waals surface area contributed by atoms with Gasteiger partial charge in [0.05, 0.1) is 12.6 Å². The molecule has 5 heteroatoms. The Morgan fingerprint density at radius 1 is 1.35 bits per heavy atom. The largest absolute Gasteiger partial charge is 0.219 e. The number of nitrogens with zero attached hydrogens (tertiary/aromatic N) is 1. The van der Waals surface area contributed by atoms with Crippen LogP contribution in [0.2, 0.25) is 0 Å². The third-order valence-corrected chi connectivity index (χ3v) is 4.25. The lowest BCUT2D eigenvalue weighted by Gasteiger charge is -2.17. The van der Waals surface area contributed by atoms with Crippen molar-refractivity contribution in [1.82, 2.24) is 4.72 Å². The summed E-state index contributed by atoms with van der Waals surface area (Å²) in [6.45, 7) is 1.76. The van der Waals surface area contributed by atoms with Crippen LogP contribution in [-0.4, -0.2) is 15.0 Å². The lowest BCUT2D eigenvalue weighted by atomic mass is 10.1. The highest BCUT2D eigenvalue weighted by Crippen LogP contribution is 2.26. The Hall–Kier alpha value is -1.38. The molecule has 92 valence electrons. The first kappa shape index (κ1) is 13.7. The van der Waals surface area contributed by atoms with Crippen LogP contribution in [0.1, 0.15) is 30.6 Å². The van der Waals surface area contributed by atoms with E-state index < -0.39 is 15.3 Å². The topological polar surface area (TPSA) is 70.0 Å². The van der Waals surface area contributed by atoms with Crippen LogP contribution in [0.25, 0.3) is 0 Å². The molecule has 1 aromatic carbocycles. The standard InChI is InChI=1S/C12H16N2O2S/c1-2-6-12(11-7-4-3-5-8-11)17(15,16)14-10-9-13/h3-5,7-8,12,14H,2,6,10H2,1H3. The first-order chi connectivity index (χ1) is 8.11. The predicted octanol–water partition coefficient (Wildman–Crippen LogP) is 1.97. The molecule has 0 aromatic heterocycles. The molecule has 1 aromatic rings. The highest BCUT2D eigenvalue weighted by Gasteiger charge is 2.25. The van der Waals surface area contributed by atoms with Crippen molar-refractivity contribution in [2.45, 2.75) is 25.0 Å². The van der Waals surface area contributed by atoms with E-state index in [1.54, 1.807) is 18.2 Å². The fraction of sp³-hybridized carbons (Fsp3) is 0.417. The fourth-order valence-corrected chi connectivity index (χ4v) is 3.19. The van der Waals surface area contributed by atoms with E-state index >= 15 is 0 Å². The van der Waals surface area contributed by atoms with Gasteiger partial charge in [0, 0.05) is 0 Å². The molecule has 1 N–H and O–H groups in total. The van der Waals surface area contributed by atoms with Crippen molar-refractivity contribution < 1.29 is 8.42 Å². The maximum Gasteiger partial charge on any atom is 0.219 e. The van der Waals surface area contributed by atoms with Crippen LogP contribution in [0.3, 0.4) is 0 Å². The SMILES string of the molecule is CCCC(c1ccccc1)S(=O)(=O)NCC#N. The van der Waals surface area contributed by atoms with Crippen LogP contribution in [0.15, 0.2) is 30.3 Å². The summed E-state index contributed by atoms with van der Waals surface area (Å²) < 4.78 is 26.3. The van der Waals surface area contributed by atoms with Crippen molar-refractivity contribution in [3.63, 3.8) is 0 Å². The van der Waals surface area contributed by atoms with Gasteiger partial charge in [0.1, 0.15) is 5.25 Å². The molecule has 0 spiro atoms. The summed E-state index contributed by atoms with van der Waals surface area (Å²) in [5, 5.41) is 7.85. The van der Waals surface area contributed by atoms with Crippen molar-refractivity contribution in [3.05, 3.63) is 35.9 Å². The van der Waals surface area contributed by atoms with E-state index in [1.807, 2.05) is 25.1 Å². The Morgan fingerprint density at radius 3 is 2.53 bits per heavy atom. The number of nitrogens with one attached hydrogen (secondary N) is 1. The summed E-state index contributed by atoms with van der Waals surface area (Å²) >= 11 is 0. The van der Waals surface area contributed by atoms with Crippen LogP contribution >= 0.6 is 0 Å². The summed E-state index contributed by atoms with van der Waals surface area (Å²) in [7, 11) is -3.47. The summed E-state index contributed by atoms with van der Waals surface area (Å²) in [5.74, 6) is 0. The Bertz CT molecular complexity index is 477. The molecule has 0 heterocycles. The zero-order chi connectivity index (χ0) is 12.7. The van der Waals surface area contributed by atoms with Gasteiger partial charge in [-0.2, -0.15) is 5.26 Å². The predicted molar refractivity (Wildman–Crippen MR) is 66.6 cm³/mol. The zero-order valence-electron chi connectivity index (χ0n) is 9.76. The van der Waals surface area contributed by atoms with Crippen LogP contribution in [0.5, 0.6) is 0 Å². The molecule has 0 fully saturated rings. The fourth-order valence-electron chi connectivity index (χ4n) is 1.66. The molecule has 17 heavy (non-hydrogen) atoms. The monoisotopic (exact) mass is 252 g/mol. The van der Waals surface area contributed by atoms with E-state index in [0.717, 1.165) is 12.0 Å². The molecule has 0 radical (unpaired) electrons. The van der Waals surface area contributed by atoms with Crippen LogP contribution < -0.4 is 4.72 Å². The van der Waals surface area contributed by atoms with E-state index in [2.05, 4.69) is 4.72 Å². The van der Waals surface area contributed by atoms with Gasteiger partial charge in [-0.15, -0.1) is 0 Å². The first-order valence-corrected chi connectivity index (χ1v) is 7.06. The molecule has 0 aliphatic rings.